The lowest BCUT2D eigenvalue weighted by molar-refractivity contribution is 0.112. The topological polar surface area (TPSA) is 26.3 Å². The van der Waals surface area contributed by atoms with E-state index in [0.29, 0.717) is 10.6 Å². The average Bonchev–Trinajstić information content (AvgIpc) is 2.41. The highest BCUT2D eigenvalue weighted by atomic mass is 35.5. The summed E-state index contributed by atoms with van der Waals surface area (Å²) in [5.41, 5.74) is 0.573. The molecule has 0 aromatic heterocycles. The Morgan fingerprint density at radius 3 is 2.61 bits per heavy atom. The van der Waals surface area contributed by atoms with Gasteiger partial charge in [0.05, 0.1) is 17.0 Å². The van der Waals surface area contributed by atoms with Gasteiger partial charge in [0.2, 0.25) is 0 Å². The molecule has 0 saturated heterocycles. The van der Waals surface area contributed by atoms with E-state index in [2.05, 4.69) is 0 Å². The summed E-state index contributed by atoms with van der Waals surface area (Å²) in [6, 6.07) is 13.0. The highest BCUT2D eigenvalue weighted by molar-refractivity contribution is 7.99. The van der Waals surface area contributed by atoms with Gasteiger partial charge in [-0.2, -0.15) is 0 Å². The van der Waals surface area contributed by atoms with Gasteiger partial charge >= 0.3 is 0 Å². The van der Waals surface area contributed by atoms with Crippen LogP contribution in [0, 0.1) is 0 Å². The smallest absolute Gasteiger partial charge is 0.150 e. The SMILES string of the molecule is COc1ccccc1Sc1ccc(C=O)cc1Cl. The van der Waals surface area contributed by atoms with Crippen LogP contribution >= 0.6 is 23.4 Å². The molecule has 2 rings (SSSR count). The van der Waals surface area contributed by atoms with E-state index in [1.807, 2.05) is 30.3 Å². The van der Waals surface area contributed by atoms with Crippen molar-refractivity contribution < 1.29 is 9.53 Å². The van der Waals surface area contributed by atoms with E-state index in [1.165, 1.54) is 11.8 Å². The lowest BCUT2D eigenvalue weighted by Gasteiger charge is -2.08. The molecule has 0 aliphatic heterocycles. The quantitative estimate of drug-likeness (QED) is 0.780. The molecular weight excluding hydrogens is 268 g/mol. The molecule has 2 nitrogen and oxygen atoms in total. The highest BCUT2D eigenvalue weighted by Gasteiger charge is 2.07. The van der Waals surface area contributed by atoms with Crippen LogP contribution in [0.3, 0.4) is 0 Å². The summed E-state index contributed by atoms with van der Waals surface area (Å²) >= 11 is 7.64. The summed E-state index contributed by atoms with van der Waals surface area (Å²) in [5, 5.41) is 0.565. The molecule has 92 valence electrons. The standard InChI is InChI=1S/C14H11ClO2S/c1-17-12-4-2-3-5-14(12)18-13-7-6-10(9-16)8-11(13)15/h2-9H,1H3. The number of methoxy groups -OCH3 is 1. The molecule has 0 atom stereocenters. The lowest BCUT2D eigenvalue weighted by Crippen LogP contribution is -1.86. The van der Waals surface area contributed by atoms with Crippen molar-refractivity contribution in [1.29, 1.82) is 0 Å². The molecule has 2 aromatic carbocycles. The first kappa shape index (κ1) is 13.0. The first-order chi connectivity index (χ1) is 8.74. The maximum atomic E-state index is 10.6. The number of ether oxygens (including phenoxy) is 1. The Labute approximate surface area is 115 Å². The Kier molecular flexibility index (Phi) is 4.28. The van der Waals surface area contributed by atoms with Crippen molar-refractivity contribution in [2.75, 3.05) is 7.11 Å². The molecule has 0 unspecified atom stereocenters. The van der Waals surface area contributed by atoms with Crippen molar-refractivity contribution in [3.63, 3.8) is 0 Å². The van der Waals surface area contributed by atoms with Crippen molar-refractivity contribution in [3.05, 3.63) is 53.1 Å². The van der Waals surface area contributed by atoms with E-state index in [9.17, 15) is 4.79 Å². The molecule has 0 N–H and O–H groups in total. The Morgan fingerprint density at radius 1 is 1.17 bits per heavy atom. The van der Waals surface area contributed by atoms with Gasteiger partial charge in [-0.25, -0.2) is 0 Å². The molecule has 0 radical (unpaired) electrons. The molecule has 0 saturated carbocycles. The predicted octanol–water partition coefficient (Wildman–Crippen LogP) is 4.31. The fourth-order valence-electron chi connectivity index (χ4n) is 1.49. The molecule has 0 aliphatic rings. The maximum Gasteiger partial charge on any atom is 0.150 e. The van der Waals surface area contributed by atoms with Crippen LogP contribution in [0.5, 0.6) is 5.75 Å². The number of carbonyl (C=O) groups excluding carboxylic acids is 1. The fourth-order valence-corrected chi connectivity index (χ4v) is 2.73. The van der Waals surface area contributed by atoms with Crippen molar-refractivity contribution in [2.24, 2.45) is 0 Å². The monoisotopic (exact) mass is 278 g/mol. The van der Waals surface area contributed by atoms with Gasteiger partial charge in [0, 0.05) is 10.5 Å². The van der Waals surface area contributed by atoms with Crippen LogP contribution in [0.15, 0.2) is 52.3 Å². The number of carbonyl (C=O) groups is 1. The molecule has 2 aromatic rings. The first-order valence-corrected chi connectivity index (χ1v) is 6.49. The number of hydrogen-bond donors (Lipinski definition) is 0. The summed E-state index contributed by atoms with van der Waals surface area (Å²) < 4.78 is 5.28. The Balaban J connectivity index is 2.31. The first-order valence-electron chi connectivity index (χ1n) is 5.30. The minimum Gasteiger partial charge on any atom is -0.496 e. The molecular formula is C14H11ClO2S. The van der Waals surface area contributed by atoms with Gasteiger partial charge in [-0.3, -0.25) is 4.79 Å². The summed E-state index contributed by atoms with van der Waals surface area (Å²) in [4.78, 5) is 12.5. The van der Waals surface area contributed by atoms with Crippen LogP contribution in [0.25, 0.3) is 0 Å². The Morgan fingerprint density at radius 2 is 1.94 bits per heavy atom. The fraction of sp³-hybridized carbons (Fsp3) is 0.0714. The second-order valence-corrected chi connectivity index (χ2v) is 5.05. The van der Waals surface area contributed by atoms with Crippen molar-refractivity contribution in [1.82, 2.24) is 0 Å². The molecule has 18 heavy (non-hydrogen) atoms. The van der Waals surface area contributed by atoms with Crippen LogP contribution in [-0.4, -0.2) is 13.4 Å². The average molecular weight is 279 g/mol. The summed E-state index contributed by atoms with van der Waals surface area (Å²) in [6.45, 7) is 0. The van der Waals surface area contributed by atoms with Gasteiger partial charge in [0.15, 0.2) is 0 Å². The second-order valence-electron chi connectivity index (χ2n) is 3.56. The zero-order valence-electron chi connectivity index (χ0n) is 9.72. The normalized spacial score (nSPS) is 10.1. The van der Waals surface area contributed by atoms with Gasteiger partial charge in [0.1, 0.15) is 12.0 Å². The molecule has 0 spiro atoms. The number of rotatable bonds is 4. The number of benzene rings is 2. The van der Waals surface area contributed by atoms with Crippen molar-refractivity contribution in [3.8, 4) is 5.75 Å². The summed E-state index contributed by atoms with van der Waals surface area (Å²) in [7, 11) is 1.64. The third-order valence-corrected chi connectivity index (χ3v) is 3.94. The predicted molar refractivity (Wildman–Crippen MR) is 74.0 cm³/mol. The van der Waals surface area contributed by atoms with Crippen LogP contribution in [0.2, 0.25) is 5.02 Å². The zero-order valence-corrected chi connectivity index (χ0v) is 11.3. The van der Waals surface area contributed by atoms with Crippen LogP contribution in [0.4, 0.5) is 0 Å². The van der Waals surface area contributed by atoms with E-state index < -0.39 is 0 Å². The third-order valence-electron chi connectivity index (χ3n) is 2.38. The highest BCUT2D eigenvalue weighted by Crippen LogP contribution is 2.38. The van der Waals surface area contributed by atoms with E-state index >= 15 is 0 Å². The minimum absolute atomic E-state index is 0.565. The van der Waals surface area contributed by atoms with Crippen LogP contribution < -0.4 is 4.74 Å². The Hall–Kier alpha value is -1.45. The van der Waals surface area contributed by atoms with Gasteiger partial charge in [-0.1, -0.05) is 41.6 Å². The Bertz CT molecular complexity index is 569. The summed E-state index contributed by atoms with van der Waals surface area (Å²) in [5.74, 6) is 0.804. The van der Waals surface area contributed by atoms with Crippen molar-refractivity contribution in [2.45, 2.75) is 9.79 Å². The summed E-state index contributed by atoms with van der Waals surface area (Å²) in [6.07, 6.45) is 0.781. The lowest BCUT2D eigenvalue weighted by atomic mass is 10.2. The maximum absolute atomic E-state index is 10.6. The van der Waals surface area contributed by atoms with Crippen molar-refractivity contribution >= 4 is 29.6 Å². The van der Waals surface area contributed by atoms with Gasteiger partial charge in [-0.05, 0) is 24.3 Å². The van der Waals surface area contributed by atoms with E-state index in [4.69, 9.17) is 16.3 Å². The van der Waals surface area contributed by atoms with Gasteiger partial charge in [-0.15, -0.1) is 0 Å². The third kappa shape index (κ3) is 2.86. The molecule has 4 heteroatoms. The van der Waals surface area contributed by atoms with Gasteiger partial charge < -0.3 is 4.74 Å². The number of aldehydes is 1. The minimum atomic E-state index is 0.565. The molecule has 0 heterocycles. The van der Waals surface area contributed by atoms with Crippen LogP contribution in [0.1, 0.15) is 10.4 Å². The van der Waals surface area contributed by atoms with Gasteiger partial charge in [0.25, 0.3) is 0 Å². The molecule has 0 amide bonds. The second kappa shape index (κ2) is 5.94. The van der Waals surface area contributed by atoms with Crippen LogP contribution in [-0.2, 0) is 0 Å². The number of para-hydroxylation sites is 1. The molecule has 0 bridgehead atoms. The van der Waals surface area contributed by atoms with E-state index in [0.717, 1.165) is 21.8 Å². The molecule has 0 fully saturated rings. The van der Waals surface area contributed by atoms with E-state index in [-0.39, 0.29) is 0 Å². The number of halogens is 1. The largest absolute Gasteiger partial charge is 0.496 e. The zero-order chi connectivity index (χ0) is 13.0. The molecule has 0 aliphatic carbocycles. The number of hydrogen-bond acceptors (Lipinski definition) is 3. The van der Waals surface area contributed by atoms with E-state index in [1.54, 1.807) is 19.2 Å².